The van der Waals surface area contributed by atoms with Crippen LogP contribution in [0.5, 0.6) is 0 Å². The second-order valence-corrected chi connectivity index (χ2v) is 4.16. The molecule has 0 aromatic heterocycles. The monoisotopic (exact) mass is 244 g/mol. The molecule has 0 saturated carbocycles. The van der Waals surface area contributed by atoms with E-state index in [-0.39, 0.29) is 0 Å². The molecule has 2 rings (SSSR count). The molecule has 18 heavy (non-hydrogen) atoms. The lowest BCUT2D eigenvalue weighted by Crippen LogP contribution is -2.16. The lowest BCUT2D eigenvalue weighted by molar-refractivity contribution is -0.150. The number of carboxylic acid groups (broad SMARTS) is 1. The minimum atomic E-state index is -0.945. The Morgan fingerprint density at radius 2 is 1.94 bits per heavy atom. The van der Waals surface area contributed by atoms with Crippen LogP contribution in [0.1, 0.15) is 25.0 Å². The number of rotatable bonds is 5. The number of hydrogen-bond donors (Lipinski definition) is 1. The van der Waals surface area contributed by atoms with Crippen LogP contribution in [-0.2, 0) is 9.53 Å². The average Bonchev–Trinajstić information content (AvgIpc) is 2.39. The lowest BCUT2D eigenvalue weighted by Gasteiger charge is -2.15. The highest BCUT2D eigenvalue weighted by atomic mass is 16.5. The molecule has 0 fully saturated rings. The highest BCUT2D eigenvalue weighted by Gasteiger charge is 2.21. The second kappa shape index (κ2) is 5.65. The summed E-state index contributed by atoms with van der Waals surface area (Å²) in [5, 5.41) is 11.3. The van der Waals surface area contributed by atoms with Crippen molar-refractivity contribution in [3.63, 3.8) is 0 Å². The first-order valence-corrected chi connectivity index (χ1v) is 6.06. The van der Waals surface area contributed by atoms with Crippen LogP contribution in [0, 0.1) is 0 Å². The van der Waals surface area contributed by atoms with Crippen LogP contribution in [0.3, 0.4) is 0 Å². The number of carbonyl (C=O) groups is 1. The van der Waals surface area contributed by atoms with E-state index >= 15 is 0 Å². The largest absolute Gasteiger partial charge is 0.479 e. The number of hydrogen-bond acceptors (Lipinski definition) is 2. The van der Waals surface area contributed by atoms with E-state index in [1.54, 1.807) is 0 Å². The highest BCUT2D eigenvalue weighted by molar-refractivity contribution is 5.90. The van der Waals surface area contributed by atoms with Gasteiger partial charge in [-0.25, -0.2) is 4.79 Å². The molecule has 0 radical (unpaired) electrons. The molecule has 1 unspecified atom stereocenters. The Morgan fingerprint density at radius 1 is 1.22 bits per heavy atom. The van der Waals surface area contributed by atoms with Crippen LogP contribution in [0.4, 0.5) is 0 Å². The molecule has 3 heteroatoms. The highest BCUT2D eigenvalue weighted by Crippen LogP contribution is 2.26. The van der Waals surface area contributed by atoms with Gasteiger partial charge in [0, 0.05) is 6.61 Å². The van der Waals surface area contributed by atoms with Gasteiger partial charge in [-0.05, 0) is 22.8 Å². The molecule has 0 bridgehead atoms. The Hall–Kier alpha value is -1.87. The lowest BCUT2D eigenvalue weighted by atomic mass is 10.0. The first-order chi connectivity index (χ1) is 8.74. The molecule has 94 valence electrons. The minimum absolute atomic E-state index is 0.445. The van der Waals surface area contributed by atoms with Crippen LogP contribution in [0.25, 0.3) is 10.8 Å². The molecule has 0 spiro atoms. The summed E-state index contributed by atoms with van der Waals surface area (Å²) in [5.74, 6) is -0.945. The van der Waals surface area contributed by atoms with E-state index in [1.807, 2.05) is 49.4 Å². The smallest absolute Gasteiger partial charge is 0.337 e. The zero-order valence-electron chi connectivity index (χ0n) is 10.3. The van der Waals surface area contributed by atoms with E-state index in [2.05, 4.69) is 0 Å². The van der Waals surface area contributed by atoms with E-state index in [1.165, 1.54) is 0 Å². The van der Waals surface area contributed by atoms with Gasteiger partial charge in [0.25, 0.3) is 0 Å². The first-order valence-electron chi connectivity index (χ1n) is 6.06. The molecule has 0 amide bonds. The summed E-state index contributed by atoms with van der Waals surface area (Å²) in [6.45, 7) is 2.40. The maximum atomic E-state index is 11.3. The molecule has 2 aromatic carbocycles. The minimum Gasteiger partial charge on any atom is -0.479 e. The van der Waals surface area contributed by atoms with E-state index in [0.717, 1.165) is 17.2 Å². The molecule has 0 heterocycles. The van der Waals surface area contributed by atoms with Crippen LogP contribution in [-0.4, -0.2) is 17.7 Å². The second-order valence-electron chi connectivity index (χ2n) is 4.16. The summed E-state index contributed by atoms with van der Waals surface area (Å²) < 4.78 is 5.45. The zero-order valence-corrected chi connectivity index (χ0v) is 10.3. The van der Waals surface area contributed by atoms with Crippen LogP contribution in [0.2, 0.25) is 0 Å². The van der Waals surface area contributed by atoms with Crippen LogP contribution >= 0.6 is 0 Å². The van der Waals surface area contributed by atoms with Gasteiger partial charge in [0.05, 0.1) is 0 Å². The predicted molar refractivity (Wildman–Crippen MR) is 70.6 cm³/mol. The van der Waals surface area contributed by atoms with E-state index < -0.39 is 12.1 Å². The number of carboxylic acids is 1. The number of ether oxygens (including phenoxy) is 1. The van der Waals surface area contributed by atoms with Crippen LogP contribution in [0.15, 0.2) is 42.5 Å². The van der Waals surface area contributed by atoms with E-state index in [9.17, 15) is 9.90 Å². The first kappa shape index (κ1) is 12.6. The molecule has 0 saturated heterocycles. The number of benzene rings is 2. The molecule has 0 aliphatic rings. The van der Waals surface area contributed by atoms with Crippen molar-refractivity contribution in [3.05, 3.63) is 48.0 Å². The van der Waals surface area contributed by atoms with Crippen molar-refractivity contribution >= 4 is 16.7 Å². The van der Waals surface area contributed by atoms with E-state index in [4.69, 9.17) is 4.74 Å². The predicted octanol–water partition coefficient (Wildman–Crippen LogP) is 3.39. The standard InChI is InChI=1S/C15H16O3/c1-2-10-18-14(15(16)17)13-9-5-7-11-6-3-4-8-12(11)13/h3-9,14H,2,10H2,1H3,(H,16,17). The van der Waals surface area contributed by atoms with Gasteiger partial charge >= 0.3 is 5.97 Å². The molecular weight excluding hydrogens is 228 g/mol. The molecule has 2 aromatic rings. The third-order valence-electron chi connectivity index (χ3n) is 2.82. The Balaban J connectivity index is 2.46. The van der Waals surface area contributed by atoms with Gasteiger partial charge in [0.15, 0.2) is 6.10 Å². The van der Waals surface area contributed by atoms with E-state index in [0.29, 0.717) is 12.2 Å². The Bertz CT molecular complexity index is 543. The summed E-state index contributed by atoms with van der Waals surface area (Å²) in [4.78, 5) is 11.3. The summed E-state index contributed by atoms with van der Waals surface area (Å²) in [7, 11) is 0. The molecule has 0 aliphatic carbocycles. The van der Waals surface area contributed by atoms with Gasteiger partial charge in [-0.3, -0.25) is 0 Å². The van der Waals surface area contributed by atoms with Crippen molar-refractivity contribution in [1.29, 1.82) is 0 Å². The maximum absolute atomic E-state index is 11.3. The average molecular weight is 244 g/mol. The number of fused-ring (bicyclic) bond motifs is 1. The fraction of sp³-hybridized carbons (Fsp3) is 0.267. The van der Waals surface area contributed by atoms with Gasteiger partial charge in [-0.1, -0.05) is 49.4 Å². The Morgan fingerprint density at radius 3 is 2.67 bits per heavy atom. The van der Waals surface area contributed by atoms with Gasteiger partial charge in [-0.2, -0.15) is 0 Å². The SMILES string of the molecule is CCCOC(C(=O)O)c1cccc2ccccc12. The molecule has 1 atom stereocenters. The van der Waals surface area contributed by atoms with Gasteiger partial charge in [0.2, 0.25) is 0 Å². The molecule has 1 N–H and O–H groups in total. The van der Waals surface area contributed by atoms with Crippen molar-refractivity contribution in [1.82, 2.24) is 0 Å². The van der Waals surface area contributed by atoms with Gasteiger partial charge in [0.1, 0.15) is 0 Å². The third kappa shape index (κ3) is 2.51. The summed E-state index contributed by atoms with van der Waals surface area (Å²) in [5.41, 5.74) is 0.717. The molecule has 3 nitrogen and oxygen atoms in total. The molecule has 0 aliphatic heterocycles. The quantitative estimate of drug-likeness (QED) is 0.876. The fourth-order valence-electron chi connectivity index (χ4n) is 2.01. The topological polar surface area (TPSA) is 46.5 Å². The van der Waals surface area contributed by atoms with Crippen molar-refractivity contribution in [3.8, 4) is 0 Å². The number of aliphatic carboxylic acids is 1. The summed E-state index contributed by atoms with van der Waals surface area (Å²) >= 11 is 0. The maximum Gasteiger partial charge on any atom is 0.337 e. The van der Waals surface area contributed by atoms with Crippen molar-refractivity contribution in [2.24, 2.45) is 0 Å². The van der Waals surface area contributed by atoms with Crippen molar-refractivity contribution < 1.29 is 14.6 Å². The molecular formula is C15H16O3. The van der Waals surface area contributed by atoms with Crippen LogP contribution < -0.4 is 0 Å². The Kier molecular flexibility index (Phi) is 3.95. The Labute approximate surface area is 106 Å². The fourth-order valence-corrected chi connectivity index (χ4v) is 2.01. The summed E-state index contributed by atoms with van der Waals surface area (Å²) in [6.07, 6.45) is -0.0924. The van der Waals surface area contributed by atoms with Gasteiger partial charge < -0.3 is 9.84 Å². The van der Waals surface area contributed by atoms with Gasteiger partial charge in [-0.15, -0.1) is 0 Å². The van der Waals surface area contributed by atoms with Crippen molar-refractivity contribution in [2.45, 2.75) is 19.4 Å². The normalized spacial score (nSPS) is 12.5. The summed E-state index contributed by atoms with van der Waals surface area (Å²) in [6, 6.07) is 13.4. The zero-order chi connectivity index (χ0) is 13.0. The third-order valence-corrected chi connectivity index (χ3v) is 2.82. The van der Waals surface area contributed by atoms with Crippen molar-refractivity contribution in [2.75, 3.05) is 6.61 Å².